The Morgan fingerprint density at radius 2 is 2.04 bits per heavy atom. The maximum Gasteiger partial charge on any atom is 0.224 e. The van der Waals surface area contributed by atoms with Crippen LogP contribution >= 0.6 is 35.3 Å². The van der Waals surface area contributed by atoms with Crippen molar-refractivity contribution in [1.82, 2.24) is 15.5 Å². The van der Waals surface area contributed by atoms with Gasteiger partial charge in [-0.25, -0.2) is 0 Å². The lowest BCUT2D eigenvalue weighted by Crippen LogP contribution is -2.40. The van der Waals surface area contributed by atoms with Crippen LogP contribution in [0.3, 0.4) is 0 Å². The number of rotatable bonds is 5. The Balaban J connectivity index is 0.00000243. The van der Waals surface area contributed by atoms with Gasteiger partial charge in [0.2, 0.25) is 5.91 Å². The Kier molecular flexibility index (Phi) is 8.37. The summed E-state index contributed by atoms with van der Waals surface area (Å²) in [6.45, 7) is 2.87. The molecular formula is C19H25IN4OS. The van der Waals surface area contributed by atoms with Crippen LogP contribution in [0.4, 0.5) is 0 Å². The molecule has 1 aliphatic heterocycles. The molecule has 1 amide bonds. The molecule has 1 aromatic carbocycles. The van der Waals surface area contributed by atoms with Crippen molar-refractivity contribution in [3.63, 3.8) is 0 Å². The standard InChI is InChI=1S/C19H24N4OS.HI/c1-20-19(22-13-15-5-3-2-4-6-15)21-10-7-18(24)23-11-8-17-16(14-23)9-12-25-17;/h2-6,9,12H,7-8,10-11,13-14H2,1H3,(H2,20,21,22);1H. The van der Waals surface area contributed by atoms with Gasteiger partial charge in [0.15, 0.2) is 5.96 Å². The summed E-state index contributed by atoms with van der Waals surface area (Å²) in [5, 5.41) is 8.59. The molecule has 0 atom stereocenters. The molecule has 0 bridgehead atoms. The second-order valence-electron chi connectivity index (χ2n) is 6.02. The van der Waals surface area contributed by atoms with Crippen molar-refractivity contribution >= 4 is 47.2 Å². The molecule has 2 aromatic rings. The zero-order valence-electron chi connectivity index (χ0n) is 14.9. The summed E-state index contributed by atoms with van der Waals surface area (Å²) in [6.07, 6.45) is 1.46. The van der Waals surface area contributed by atoms with Crippen LogP contribution in [-0.2, 0) is 24.3 Å². The second kappa shape index (κ2) is 10.5. The molecule has 2 heterocycles. The third-order valence-corrected chi connectivity index (χ3v) is 5.34. The summed E-state index contributed by atoms with van der Waals surface area (Å²) in [4.78, 5) is 20.0. The van der Waals surface area contributed by atoms with Gasteiger partial charge in [0.25, 0.3) is 0 Å². The van der Waals surface area contributed by atoms with Gasteiger partial charge in [-0.1, -0.05) is 30.3 Å². The fourth-order valence-corrected chi connectivity index (χ4v) is 3.80. The van der Waals surface area contributed by atoms with Crippen molar-refractivity contribution in [1.29, 1.82) is 0 Å². The molecule has 0 radical (unpaired) electrons. The average molecular weight is 484 g/mol. The van der Waals surface area contributed by atoms with Gasteiger partial charge in [-0.3, -0.25) is 9.79 Å². The number of fused-ring (bicyclic) bond motifs is 1. The Bertz CT molecular complexity index is 732. The van der Waals surface area contributed by atoms with Crippen LogP contribution < -0.4 is 10.6 Å². The number of hydrogen-bond donors (Lipinski definition) is 2. The van der Waals surface area contributed by atoms with Gasteiger partial charge < -0.3 is 15.5 Å². The zero-order valence-corrected chi connectivity index (χ0v) is 18.1. The van der Waals surface area contributed by atoms with E-state index in [1.54, 1.807) is 18.4 Å². The second-order valence-corrected chi connectivity index (χ2v) is 7.02. The number of hydrogen-bond acceptors (Lipinski definition) is 3. The number of benzene rings is 1. The lowest BCUT2D eigenvalue weighted by molar-refractivity contribution is -0.131. The molecule has 0 saturated heterocycles. The first kappa shape index (κ1) is 20.7. The van der Waals surface area contributed by atoms with Gasteiger partial charge in [-0.05, 0) is 29.0 Å². The molecule has 0 spiro atoms. The maximum absolute atomic E-state index is 12.4. The zero-order chi connectivity index (χ0) is 17.5. The smallest absolute Gasteiger partial charge is 0.224 e. The molecular weight excluding hydrogens is 459 g/mol. The number of halogens is 1. The van der Waals surface area contributed by atoms with Crippen LogP contribution in [0.2, 0.25) is 0 Å². The first-order valence-corrected chi connectivity index (χ1v) is 9.45. The van der Waals surface area contributed by atoms with Gasteiger partial charge in [0.05, 0.1) is 0 Å². The van der Waals surface area contributed by atoms with Crippen molar-refractivity contribution in [3.8, 4) is 0 Å². The van der Waals surface area contributed by atoms with Crippen LogP contribution in [0.1, 0.15) is 22.4 Å². The third kappa shape index (κ3) is 5.70. The monoisotopic (exact) mass is 484 g/mol. The topological polar surface area (TPSA) is 56.7 Å². The molecule has 1 aliphatic rings. The van der Waals surface area contributed by atoms with Crippen molar-refractivity contribution in [2.75, 3.05) is 20.1 Å². The van der Waals surface area contributed by atoms with Crippen molar-refractivity contribution in [2.24, 2.45) is 4.99 Å². The van der Waals surface area contributed by atoms with E-state index in [1.807, 2.05) is 23.1 Å². The fourth-order valence-electron chi connectivity index (χ4n) is 2.91. The molecule has 0 saturated carbocycles. The summed E-state index contributed by atoms with van der Waals surface area (Å²) < 4.78 is 0. The highest BCUT2D eigenvalue weighted by Gasteiger charge is 2.20. The van der Waals surface area contributed by atoms with Gasteiger partial charge in [-0.15, -0.1) is 35.3 Å². The number of carbonyl (C=O) groups is 1. The number of carbonyl (C=O) groups excluding carboxylic acids is 1. The van der Waals surface area contributed by atoms with E-state index in [-0.39, 0.29) is 29.9 Å². The molecule has 0 unspecified atom stereocenters. The number of aliphatic imine (C=N–C) groups is 1. The van der Waals surface area contributed by atoms with Gasteiger partial charge >= 0.3 is 0 Å². The summed E-state index contributed by atoms with van der Waals surface area (Å²) >= 11 is 1.79. The summed E-state index contributed by atoms with van der Waals surface area (Å²) in [5.74, 6) is 0.915. The number of nitrogens with zero attached hydrogens (tertiary/aromatic N) is 2. The summed E-state index contributed by atoms with van der Waals surface area (Å²) in [7, 11) is 1.74. The Labute approximate surface area is 175 Å². The number of amides is 1. The third-order valence-electron chi connectivity index (χ3n) is 4.32. The normalized spacial score (nSPS) is 13.6. The largest absolute Gasteiger partial charge is 0.356 e. The number of guanidine groups is 1. The molecule has 26 heavy (non-hydrogen) atoms. The van der Waals surface area contributed by atoms with Crippen molar-refractivity contribution in [3.05, 3.63) is 57.8 Å². The minimum absolute atomic E-state index is 0. The van der Waals surface area contributed by atoms with Crippen LogP contribution in [-0.4, -0.2) is 36.9 Å². The van der Waals surface area contributed by atoms with Gasteiger partial charge in [-0.2, -0.15) is 0 Å². The average Bonchev–Trinajstić information content (AvgIpc) is 3.13. The molecule has 3 rings (SSSR count). The molecule has 2 N–H and O–H groups in total. The van der Waals surface area contributed by atoms with Gasteiger partial charge in [0, 0.05) is 44.5 Å². The lowest BCUT2D eigenvalue weighted by atomic mass is 10.1. The highest BCUT2D eigenvalue weighted by molar-refractivity contribution is 14.0. The Morgan fingerprint density at radius 1 is 1.23 bits per heavy atom. The number of nitrogens with one attached hydrogen (secondary N) is 2. The first-order chi connectivity index (χ1) is 12.3. The van der Waals surface area contributed by atoms with E-state index in [2.05, 4.69) is 39.2 Å². The van der Waals surface area contributed by atoms with E-state index >= 15 is 0 Å². The van der Waals surface area contributed by atoms with E-state index in [9.17, 15) is 4.79 Å². The van der Waals surface area contributed by atoms with E-state index in [0.29, 0.717) is 19.5 Å². The minimum atomic E-state index is 0. The van der Waals surface area contributed by atoms with E-state index < -0.39 is 0 Å². The Hall–Kier alpha value is -1.61. The lowest BCUT2D eigenvalue weighted by Gasteiger charge is -2.27. The Morgan fingerprint density at radius 3 is 2.81 bits per heavy atom. The SMILES string of the molecule is CN=C(NCCC(=O)N1CCc2sccc2C1)NCc1ccccc1.I. The van der Waals surface area contributed by atoms with Gasteiger partial charge in [0.1, 0.15) is 0 Å². The highest BCUT2D eigenvalue weighted by Crippen LogP contribution is 2.24. The van der Waals surface area contributed by atoms with Crippen LogP contribution in [0, 0.1) is 0 Å². The quantitative estimate of drug-likeness (QED) is 0.390. The van der Waals surface area contributed by atoms with Crippen LogP contribution in [0.25, 0.3) is 0 Å². The molecule has 5 nitrogen and oxygen atoms in total. The number of thiophene rings is 1. The van der Waals surface area contributed by atoms with E-state index in [0.717, 1.165) is 25.5 Å². The molecule has 0 fully saturated rings. The molecule has 140 valence electrons. The predicted molar refractivity (Wildman–Crippen MR) is 118 cm³/mol. The predicted octanol–water partition coefficient (Wildman–Crippen LogP) is 3.01. The van der Waals surface area contributed by atoms with E-state index in [4.69, 9.17) is 0 Å². The molecule has 1 aromatic heterocycles. The summed E-state index contributed by atoms with van der Waals surface area (Å²) in [6, 6.07) is 12.3. The van der Waals surface area contributed by atoms with Crippen LogP contribution in [0.5, 0.6) is 0 Å². The van der Waals surface area contributed by atoms with Crippen molar-refractivity contribution in [2.45, 2.75) is 25.9 Å². The van der Waals surface area contributed by atoms with Crippen molar-refractivity contribution < 1.29 is 4.79 Å². The minimum Gasteiger partial charge on any atom is -0.356 e. The highest BCUT2D eigenvalue weighted by atomic mass is 127. The van der Waals surface area contributed by atoms with Crippen LogP contribution in [0.15, 0.2) is 46.8 Å². The van der Waals surface area contributed by atoms with E-state index in [1.165, 1.54) is 16.0 Å². The summed E-state index contributed by atoms with van der Waals surface area (Å²) in [5.41, 5.74) is 2.50. The molecule has 0 aliphatic carbocycles. The fraction of sp³-hybridized carbons (Fsp3) is 0.368. The first-order valence-electron chi connectivity index (χ1n) is 8.57. The maximum atomic E-state index is 12.4. The molecule has 7 heteroatoms.